The van der Waals surface area contributed by atoms with Crippen LogP contribution < -0.4 is 21.1 Å². The van der Waals surface area contributed by atoms with Crippen molar-refractivity contribution in [2.75, 3.05) is 24.8 Å². The fourth-order valence-electron chi connectivity index (χ4n) is 2.34. The van der Waals surface area contributed by atoms with E-state index in [2.05, 4.69) is 20.6 Å². The monoisotopic (exact) mass is 429 g/mol. The first-order valence-corrected chi connectivity index (χ1v) is 8.99. The molecule has 0 saturated heterocycles. The maximum Gasteiger partial charge on any atom is 0.274 e. The number of anilines is 2. The smallest absolute Gasteiger partial charge is 0.274 e. The van der Waals surface area contributed by atoms with E-state index in [1.54, 1.807) is 37.4 Å². The molecule has 30 heavy (non-hydrogen) atoms. The van der Waals surface area contributed by atoms with Crippen LogP contribution in [0.1, 0.15) is 31.3 Å². The molecule has 3 aromatic rings. The number of carbonyl (C=O) groups excluding carboxylic acids is 3. The van der Waals surface area contributed by atoms with Crippen molar-refractivity contribution in [1.82, 2.24) is 9.97 Å². The molecular formula is C20H20ClN5O4. The topological polar surface area (TPSA) is 139 Å². The highest BCUT2D eigenvalue weighted by molar-refractivity contribution is 6.34. The fraction of sp³-hybridized carbons (Fsp3) is 0.100. The quantitative estimate of drug-likeness (QED) is 0.444. The van der Waals surface area contributed by atoms with Crippen LogP contribution in [0.15, 0.2) is 48.8 Å². The molecule has 0 aliphatic carbocycles. The molecule has 0 bridgehead atoms. The summed E-state index contributed by atoms with van der Waals surface area (Å²) in [5.74, 6) is -0.697. The lowest BCUT2D eigenvalue weighted by molar-refractivity contribution is 0.0972. The summed E-state index contributed by atoms with van der Waals surface area (Å²) in [6.07, 6.45) is 1.95. The van der Waals surface area contributed by atoms with Crippen molar-refractivity contribution in [3.8, 4) is 5.75 Å². The number of amides is 2. The number of aromatic amines is 1. The number of nitrogens with one attached hydrogen (secondary N) is 3. The second kappa shape index (κ2) is 10.6. The molecule has 1 heterocycles. The minimum atomic E-state index is -0.753. The van der Waals surface area contributed by atoms with Crippen LogP contribution in [0.25, 0.3) is 0 Å². The summed E-state index contributed by atoms with van der Waals surface area (Å²) in [7, 11) is 3.31. The van der Waals surface area contributed by atoms with Gasteiger partial charge in [-0.2, -0.15) is 0 Å². The van der Waals surface area contributed by atoms with Gasteiger partial charge in [0, 0.05) is 24.0 Å². The van der Waals surface area contributed by atoms with E-state index in [0.717, 1.165) is 5.69 Å². The zero-order valence-corrected chi connectivity index (χ0v) is 17.0. The van der Waals surface area contributed by atoms with Crippen molar-refractivity contribution in [3.05, 3.63) is 70.8 Å². The van der Waals surface area contributed by atoms with Crippen LogP contribution in [-0.4, -0.2) is 42.2 Å². The Morgan fingerprint density at radius 2 is 1.83 bits per heavy atom. The van der Waals surface area contributed by atoms with Gasteiger partial charge < -0.3 is 26.1 Å². The molecule has 0 fully saturated rings. The Kier molecular flexibility index (Phi) is 7.95. The van der Waals surface area contributed by atoms with Crippen molar-refractivity contribution in [1.29, 1.82) is 0 Å². The van der Waals surface area contributed by atoms with Gasteiger partial charge in [-0.15, -0.1) is 0 Å². The lowest BCUT2D eigenvalue weighted by Gasteiger charge is -2.05. The number of hydrogen-bond acceptors (Lipinski definition) is 6. The highest BCUT2D eigenvalue weighted by atomic mass is 35.5. The zero-order chi connectivity index (χ0) is 22.1. The molecule has 0 spiro atoms. The highest BCUT2D eigenvalue weighted by Crippen LogP contribution is 2.26. The van der Waals surface area contributed by atoms with E-state index in [4.69, 9.17) is 22.1 Å². The van der Waals surface area contributed by atoms with E-state index in [0.29, 0.717) is 28.3 Å². The molecule has 0 saturated carbocycles. The number of imidazole rings is 1. The van der Waals surface area contributed by atoms with E-state index >= 15 is 0 Å². The molecule has 5 N–H and O–H groups in total. The minimum absolute atomic E-state index is 0.0465. The number of aldehydes is 1. The molecule has 1 aromatic heterocycles. The van der Waals surface area contributed by atoms with Crippen molar-refractivity contribution in [3.63, 3.8) is 0 Å². The van der Waals surface area contributed by atoms with E-state index in [1.807, 2.05) is 12.1 Å². The third-order valence-electron chi connectivity index (χ3n) is 3.87. The van der Waals surface area contributed by atoms with Gasteiger partial charge in [0.25, 0.3) is 11.8 Å². The summed E-state index contributed by atoms with van der Waals surface area (Å²) in [4.78, 5) is 39.7. The first-order valence-electron chi connectivity index (χ1n) is 8.61. The Bertz CT molecular complexity index is 1030. The van der Waals surface area contributed by atoms with Crippen LogP contribution in [0.4, 0.5) is 11.4 Å². The number of aromatic nitrogens is 2. The predicted molar refractivity (Wildman–Crippen MR) is 114 cm³/mol. The van der Waals surface area contributed by atoms with Crippen LogP contribution in [-0.2, 0) is 0 Å². The highest BCUT2D eigenvalue weighted by Gasteiger charge is 2.18. The van der Waals surface area contributed by atoms with Gasteiger partial charge in [-0.1, -0.05) is 17.7 Å². The van der Waals surface area contributed by atoms with Gasteiger partial charge >= 0.3 is 0 Å². The number of primary amides is 1. The van der Waals surface area contributed by atoms with Crippen LogP contribution in [0.5, 0.6) is 5.75 Å². The molecule has 0 unspecified atom stereocenters. The van der Waals surface area contributed by atoms with Gasteiger partial charge in [0.05, 0.1) is 18.5 Å². The lowest BCUT2D eigenvalue weighted by Crippen LogP contribution is -2.20. The Hall–Kier alpha value is -3.85. The van der Waals surface area contributed by atoms with Gasteiger partial charge in [-0.25, -0.2) is 4.98 Å². The Balaban J connectivity index is 0.000000248. The Morgan fingerprint density at radius 3 is 2.40 bits per heavy atom. The Morgan fingerprint density at radius 1 is 1.17 bits per heavy atom. The Labute approximate surface area is 177 Å². The van der Waals surface area contributed by atoms with Gasteiger partial charge in [0.15, 0.2) is 12.0 Å². The number of methoxy groups -OCH3 is 1. The molecule has 0 aliphatic heterocycles. The molecule has 2 aromatic carbocycles. The number of ether oxygens (including phenoxy) is 1. The predicted octanol–water partition coefficient (Wildman–Crippen LogP) is 2.96. The molecule has 0 radical (unpaired) electrons. The molecule has 0 aliphatic rings. The van der Waals surface area contributed by atoms with Gasteiger partial charge in [-0.3, -0.25) is 14.4 Å². The SMILES string of the molecule is CNc1ccc(NC(=O)c2[nH]cnc2C(N)=O)cc1.COc1cccc(C=O)c1Cl. The van der Waals surface area contributed by atoms with Crippen LogP contribution in [0, 0.1) is 0 Å². The van der Waals surface area contributed by atoms with Crippen LogP contribution in [0.3, 0.4) is 0 Å². The summed E-state index contributed by atoms with van der Waals surface area (Å²) in [5.41, 5.74) is 7.07. The minimum Gasteiger partial charge on any atom is -0.495 e. The van der Waals surface area contributed by atoms with E-state index in [9.17, 15) is 14.4 Å². The van der Waals surface area contributed by atoms with E-state index < -0.39 is 11.8 Å². The maximum atomic E-state index is 11.9. The molecule has 0 atom stereocenters. The second-order valence-electron chi connectivity index (χ2n) is 5.75. The number of hydrogen-bond donors (Lipinski definition) is 4. The van der Waals surface area contributed by atoms with Crippen molar-refractivity contribution < 1.29 is 19.1 Å². The summed E-state index contributed by atoms with van der Waals surface area (Å²) in [6, 6.07) is 12.2. The van der Waals surface area contributed by atoms with E-state index in [-0.39, 0.29) is 11.4 Å². The van der Waals surface area contributed by atoms with Crippen molar-refractivity contribution in [2.24, 2.45) is 5.73 Å². The lowest BCUT2D eigenvalue weighted by atomic mass is 10.2. The zero-order valence-electron chi connectivity index (χ0n) is 16.2. The van der Waals surface area contributed by atoms with Gasteiger partial charge in [-0.05, 0) is 36.4 Å². The molecule has 2 amide bonds. The number of nitrogens with zero attached hydrogens (tertiary/aromatic N) is 1. The van der Waals surface area contributed by atoms with Crippen LogP contribution >= 0.6 is 11.6 Å². The average Bonchev–Trinajstić information content (AvgIpc) is 3.25. The number of nitrogens with two attached hydrogens (primary N) is 1. The molecule has 10 heteroatoms. The molecule has 156 valence electrons. The summed E-state index contributed by atoms with van der Waals surface area (Å²) in [6.45, 7) is 0. The molecule has 9 nitrogen and oxygen atoms in total. The summed E-state index contributed by atoms with van der Waals surface area (Å²) >= 11 is 5.75. The summed E-state index contributed by atoms with van der Waals surface area (Å²) in [5, 5.41) is 5.98. The fourth-order valence-corrected chi connectivity index (χ4v) is 2.59. The number of carbonyl (C=O) groups is 3. The van der Waals surface area contributed by atoms with Gasteiger partial charge in [0.1, 0.15) is 11.4 Å². The normalized spacial score (nSPS) is 9.70. The first-order chi connectivity index (χ1) is 14.4. The maximum absolute atomic E-state index is 11.9. The largest absolute Gasteiger partial charge is 0.495 e. The second-order valence-corrected chi connectivity index (χ2v) is 6.13. The van der Waals surface area contributed by atoms with E-state index in [1.165, 1.54) is 13.4 Å². The molecule has 3 rings (SSSR count). The average molecular weight is 430 g/mol. The van der Waals surface area contributed by atoms with Crippen LogP contribution in [0.2, 0.25) is 5.02 Å². The number of benzene rings is 2. The molecular weight excluding hydrogens is 410 g/mol. The third-order valence-corrected chi connectivity index (χ3v) is 4.28. The standard InChI is InChI=1S/C12H13N5O2.C8H7ClO2/c1-14-7-2-4-8(5-3-7)17-12(19)10-9(11(13)18)15-6-16-10;1-11-7-4-2-3-6(5-10)8(7)9/h2-6,14H,1H3,(H2,13,18)(H,15,16)(H,17,19);2-5H,1H3. The number of halogens is 1. The van der Waals surface area contributed by atoms with Crippen molar-refractivity contribution in [2.45, 2.75) is 0 Å². The number of H-pyrrole nitrogens is 1. The van der Waals surface area contributed by atoms with Gasteiger partial charge in [0.2, 0.25) is 0 Å². The number of rotatable bonds is 6. The first kappa shape index (κ1) is 22.4. The third kappa shape index (κ3) is 5.58. The van der Waals surface area contributed by atoms with Crippen molar-refractivity contribution >= 4 is 41.1 Å². The summed E-state index contributed by atoms with van der Waals surface area (Å²) < 4.78 is 4.90.